The topological polar surface area (TPSA) is 89.1 Å². The zero-order valence-electron chi connectivity index (χ0n) is 11.2. The number of nitrogens with two attached hydrogens (primary N) is 1. The Morgan fingerprint density at radius 1 is 1.58 bits per heavy atom. The van der Waals surface area contributed by atoms with Gasteiger partial charge in [0.15, 0.2) is 0 Å². The summed E-state index contributed by atoms with van der Waals surface area (Å²) in [4.78, 5) is 14.0. The van der Waals surface area contributed by atoms with E-state index in [4.69, 9.17) is 5.73 Å². The van der Waals surface area contributed by atoms with Crippen molar-refractivity contribution in [1.29, 1.82) is 0 Å². The molecular weight excluding hydrogens is 244 g/mol. The fraction of sp³-hybridized carbons (Fsp3) is 0.750. The van der Waals surface area contributed by atoms with Crippen LogP contribution in [0.2, 0.25) is 0 Å². The van der Waals surface area contributed by atoms with Crippen molar-refractivity contribution < 1.29 is 4.79 Å². The minimum Gasteiger partial charge on any atom is -0.368 e. The van der Waals surface area contributed by atoms with Gasteiger partial charge in [0.05, 0.1) is 12.1 Å². The van der Waals surface area contributed by atoms with E-state index in [9.17, 15) is 4.79 Å². The SMILES string of the molecule is CNC1(C(N)=O)CCC(N2CCn3cnnc3C2)C1. The third kappa shape index (κ3) is 2.02. The summed E-state index contributed by atoms with van der Waals surface area (Å²) in [5, 5.41) is 11.2. The molecule has 2 aliphatic rings. The first kappa shape index (κ1) is 12.6. The van der Waals surface area contributed by atoms with Gasteiger partial charge in [0.25, 0.3) is 0 Å². The van der Waals surface area contributed by atoms with Gasteiger partial charge in [0, 0.05) is 19.1 Å². The van der Waals surface area contributed by atoms with E-state index < -0.39 is 5.54 Å². The Balaban J connectivity index is 1.71. The van der Waals surface area contributed by atoms with Crippen LogP contribution in [0.3, 0.4) is 0 Å². The van der Waals surface area contributed by atoms with Crippen molar-refractivity contribution in [2.75, 3.05) is 13.6 Å². The minimum atomic E-state index is -0.532. The average Bonchev–Trinajstić information content (AvgIpc) is 3.05. The van der Waals surface area contributed by atoms with Crippen LogP contribution in [0.25, 0.3) is 0 Å². The van der Waals surface area contributed by atoms with Crippen LogP contribution in [0, 0.1) is 0 Å². The number of hydrogen-bond acceptors (Lipinski definition) is 5. The summed E-state index contributed by atoms with van der Waals surface area (Å²) in [5.74, 6) is 0.768. The maximum Gasteiger partial charge on any atom is 0.237 e. The fourth-order valence-electron chi connectivity index (χ4n) is 3.30. The lowest BCUT2D eigenvalue weighted by Crippen LogP contribution is -2.53. The highest BCUT2D eigenvalue weighted by atomic mass is 16.1. The molecule has 0 bridgehead atoms. The largest absolute Gasteiger partial charge is 0.368 e. The van der Waals surface area contributed by atoms with Crippen molar-refractivity contribution in [2.45, 2.75) is 43.9 Å². The molecule has 7 heteroatoms. The minimum absolute atomic E-state index is 0.238. The predicted molar refractivity (Wildman–Crippen MR) is 69.1 cm³/mol. The number of nitrogens with zero attached hydrogens (tertiary/aromatic N) is 4. The molecule has 2 heterocycles. The summed E-state index contributed by atoms with van der Waals surface area (Å²) in [6.07, 6.45) is 4.38. The first-order valence-electron chi connectivity index (χ1n) is 6.74. The van der Waals surface area contributed by atoms with Crippen molar-refractivity contribution in [3.8, 4) is 0 Å². The molecule has 1 fully saturated rings. The molecule has 1 aromatic rings. The van der Waals surface area contributed by atoms with Crippen molar-refractivity contribution in [1.82, 2.24) is 25.0 Å². The van der Waals surface area contributed by atoms with Crippen molar-refractivity contribution in [3.05, 3.63) is 12.2 Å². The van der Waals surface area contributed by atoms with Crippen molar-refractivity contribution >= 4 is 5.91 Å². The first-order valence-corrected chi connectivity index (χ1v) is 6.74. The van der Waals surface area contributed by atoms with Crippen LogP contribution in [-0.4, -0.2) is 50.7 Å². The van der Waals surface area contributed by atoms with E-state index in [0.29, 0.717) is 6.04 Å². The standard InChI is InChI=1S/C12H20N6O/c1-14-12(11(13)19)3-2-9(6-12)17-4-5-18-8-15-16-10(18)7-17/h8-9,14H,2-7H2,1H3,(H2,13,19). The molecule has 0 saturated heterocycles. The van der Waals surface area contributed by atoms with Gasteiger partial charge in [-0.15, -0.1) is 10.2 Å². The smallest absolute Gasteiger partial charge is 0.237 e. The van der Waals surface area contributed by atoms with Gasteiger partial charge >= 0.3 is 0 Å². The molecule has 1 aliphatic heterocycles. The number of hydrogen-bond donors (Lipinski definition) is 2. The Kier molecular flexibility index (Phi) is 3.02. The Morgan fingerprint density at radius 2 is 2.42 bits per heavy atom. The Bertz CT molecular complexity index is 486. The second-order valence-electron chi connectivity index (χ2n) is 5.50. The second-order valence-corrected chi connectivity index (χ2v) is 5.50. The van der Waals surface area contributed by atoms with Crippen molar-refractivity contribution in [3.63, 3.8) is 0 Å². The summed E-state index contributed by atoms with van der Waals surface area (Å²) in [7, 11) is 1.82. The lowest BCUT2D eigenvalue weighted by atomic mass is 9.96. The number of aromatic nitrogens is 3. The van der Waals surface area contributed by atoms with E-state index >= 15 is 0 Å². The molecule has 1 aliphatic carbocycles. The summed E-state index contributed by atoms with van der Waals surface area (Å²) in [6.45, 7) is 2.71. The van der Waals surface area contributed by atoms with Gasteiger partial charge in [-0.2, -0.15) is 0 Å². The molecule has 1 aromatic heterocycles. The molecule has 2 unspecified atom stereocenters. The first-order chi connectivity index (χ1) is 9.14. The summed E-state index contributed by atoms with van der Waals surface area (Å²) in [6, 6.07) is 0.394. The van der Waals surface area contributed by atoms with Crippen LogP contribution in [0.4, 0.5) is 0 Å². The van der Waals surface area contributed by atoms with Crippen LogP contribution in [0.15, 0.2) is 6.33 Å². The van der Waals surface area contributed by atoms with Gasteiger partial charge in [-0.1, -0.05) is 0 Å². The monoisotopic (exact) mass is 264 g/mol. The maximum atomic E-state index is 11.7. The molecule has 3 N–H and O–H groups in total. The van der Waals surface area contributed by atoms with Crippen LogP contribution in [0.1, 0.15) is 25.1 Å². The van der Waals surface area contributed by atoms with Crippen LogP contribution >= 0.6 is 0 Å². The number of rotatable bonds is 3. The van der Waals surface area contributed by atoms with Gasteiger partial charge in [0.1, 0.15) is 12.2 Å². The molecule has 1 saturated carbocycles. The van der Waals surface area contributed by atoms with Crippen molar-refractivity contribution in [2.24, 2.45) is 5.73 Å². The molecule has 7 nitrogen and oxygen atoms in total. The number of amides is 1. The zero-order valence-corrected chi connectivity index (χ0v) is 11.2. The average molecular weight is 264 g/mol. The van der Waals surface area contributed by atoms with Crippen LogP contribution in [-0.2, 0) is 17.9 Å². The molecule has 2 atom stereocenters. The zero-order chi connectivity index (χ0) is 13.5. The number of likely N-dealkylation sites (N-methyl/N-ethyl adjacent to an activating group) is 1. The van der Waals surface area contributed by atoms with E-state index in [-0.39, 0.29) is 5.91 Å². The third-order valence-corrected chi connectivity index (χ3v) is 4.62. The number of nitrogens with one attached hydrogen (secondary N) is 1. The summed E-state index contributed by atoms with van der Waals surface area (Å²) in [5.41, 5.74) is 5.02. The molecule has 1 amide bonds. The van der Waals surface area contributed by atoms with Crippen LogP contribution in [0.5, 0.6) is 0 Å². The Morgan fingerprint density at radius 3 is 3.11 bits per heavy atom. The summed E-state index contributed by atoms with van der Waals surface area (Å²) < 4.78 is 2.09. The second kappa shape index (κ2) is 4.57. The van der Waals surface area contributed by atoms with Gasteiger partial charge < -0.3 is 15.6 Å². The number of primary amides is 1. The highest BCUT2D eigenvalue weighted by molar-refractivity contribution is 5.85. The highest BCUT2D eigenvalue weighted by Crippen LogP contribution is 2.34. The lowest BCUT2D eigenvalue weighted by molar-refractivity contribution is -0.124. The molecule has 104 valence electrons. The molecule has 0 radical (unpaired) electrons. The lowest BCUT2D eigenvalue weighted by Gasteiger charge is -2.33. The van der Waals surface area contributed by atoms with Gasteiger partial charge in [-0.3, -0.25) is 9.69 Å². The number of carbonyl (C=O) groups is 1. The fourth-order valence-corrected chi connectivity index (χ4v) is 3.30. The van der Waals surface area contributed by atoms with E-state index in [1.807, 2.05) is 7.05 Å². The molecular formula is C12H20N6O. The van der Waals surface area contributed by atoms with E-state index in [1.165, 1.54) is 0 Å². The van der Waals surface area contributed by atoms with E-state index in [2.05, 4.69) is 25.0 Å². The molecule has 0 spiro atoms. The summed E-state index contributed by atoms with van der Waals surface area (Å²) >= 11 is 0. The van der Waals surface area contributed by atoms with Crippen LogP contribution < -0.4 is 11.1 Å². The van der Waals surface area contributed by atoms with Gasteiger partial charge in [0.2, 0.25) is 5.91 Å². The van der Waals surface area contributed by atoms with E-state index in [1.54, 1.807) is 6.33 Å². The Labute approximate surface area is 112 Å². The normalized spacial score (nSPS) is 31.3. The number of carbonyl (C=O) groups excluding carboxylic acids is 1. The van der Waals surface area contributed by atoms with E-state index in [0.717, 1.165) is 44.7 Å². The molecule has 0 aromatic carbocycles. The maximum absolute atomic E-state index is 11.7. The highest BCUT2D eigenvalue weighted by Gasteiger charge is 2.45. The van der Waals surface area contributed by atoms with Gasteiger partial charge in [-0.05, 0) is 26.3 Å². The predicted octanol–water partition coefficient (Wildman–Crippen LogP) is -0.910. The van der Waals surface area contributed by atoms with Gasteiger partial charge in [-0.25, -0.2) is 0 Å². The molecule has 3 rings (SSSR count). The number of fused-ring (bicyclic) bond motifs is 1. The third-order valence-electron chi connectivity index (χ3n) is 4.62. The molecule has 19 heavy (non-hydrogen) atoms. The quantitative estimate of drug-likeness (QED) is 0.738. The Hall–Kier alpha value is -1.47.